The number of nitrogens with zero attached hydrogens (tertiary/aromatic N) is 2. The van der Waals surface area contributed by atoms with Crippen molar-refractivity contribution in [3.63, 3.8) is 0 Å². The van der Waals surface area contributed by atoms with Crippen molar-refractivity contribution in [2.24, 2.45) is 0 Å². The van der Waals surface area contributed by atoms with Crippen LogP contribution in [0.15, 0.2) is 6.20 Å². The zero-order chi connectivity index (χ0) is 11.5. The quantitative estimate of drug-likeness (QED) is 0.833. The monoisotopic (exact) mass is 241 g/mol. The van der Waals surface area contributed by atoms with Gasteiger partial charge in [-0.1, -0.05) is 11.3 Å². The van der Waals surface area contributed by atoms with Gasteiger partial charge in [0.05, 0.1) is 6.20 Å². The Morgan fingerprint density at radius 1 is 1.81 bits per heavy atom. The lowest BCUT2D eigenvalue weighted by molar-refractivity contribution is 0.0702. The molecular formula is C10H15N3O2S. The van der Waals surface area contributed by atoms with Crippen LogP contribution in [-0.4, -0.2) is 47.1 Å². The van der Waals surface area contributed by atoms with Gasteiger partial charge in [-0.15, -0.1) is 0 Å². The number of nitrogens with one attached hydrogen (secondary N) is 1. The smallest absolute Gasteiger partial charge is 0.347 e. The van der Waals surface area contributed by atoms with Gasteiger partial charge in [-0.05, 0) is 26.4 Å². The van der Waals surface area contributed by atoms with Crippen LogP contribution in [0.3, 0.4) is 0 Å². The fourth-order valence-electron chi connectivity index (χ4n) is 1.90. The Morgan fingerprint density at radius 3 is 3.19 bits per heavy atom. The van der Waals surface area contributed by atoms with Crippen LogP contribution in [0.1, 0.15) is 22.5 Å². The molecule has 2 rings (SSSR count). The van der Waals surface area contributed by atoms with Gasteiger partial charge in [0, 0.05) is 12.6 Å². The second kappa shape index (κ2) is 4.80. The number of thiazole rings is 1. The van der Waals surface area contributed by atoms with Gasteiger partial charge in [0.15, 0.2) is 5.13 Å². The molecule has 1 aromatic rings. The van der Waals surface area contributed by atoms with Crippen LogP contribution in [0, 0.1) is 0 Å². The van der Waals surface area contributed by atoms with Gasteiger partial charge < -0.3 is 15.3 Å². The highest BCUT2D eigenvalue weighted by molar-refractivity contribution is 7.17. The van der Waals surface area contributed by atoms with Crippen molar-refractivity contribution in [2.75, 3.05) is 25.5 Å². The van der Waals surface area contributed by atoms with Gasteiger partial charge >= 0.3 is 5.97 Å². The number of hydrogen-bond acceptors (Lipinski definition) is 5. The van der Waals surface area contributed by atoms with E-state index < -0.39 is 5.97 Å². The van der Waals surface area contributed by atoms with E-state index >= 15 is 0 Å². The first-order valence-electron chi connectivity index (χ1n) is 5.30. The van der Waals surface area contributed by atoms with Crippen molar-refractivity contribution in [2.45, 2.75) is 18.9 Å². The second-order valence-corrected chi connectivity index (χ2v) is 5.02. The maximum atomic E-state index is 10.7. The van der Waals surface area contributed by atoms with Crippen LogP contribution in [0.2, 0.25) is 0 Å². The van der Waals surface area contributed by atoms with Crippen LogP contribution in [0.5, 0.6) is 0 Å². The highest BCUT2D eigenvalue weighted by Crippen LogP contribution is 2.20. The Labute approximate surface area is 98.1 Å². The molecule has 16 heavy (non-hydrogen) atoms. The SMILES string of the molecule is CN1CCCC1CNc1ncc(C(=O)O)s1. The van der Waals surface area contributed by atoms with Gasteiger partial charge in [-0.2, -0.15) is 0 Å². The predicted molar refractivity (Wildman–Crippen MR) is 63.2 cm³/mol. The van der Waals surface area contributed by atoms with Gasteiger partial charge in [-0.25, -0.2) is 9.78 Å². The summed E-state index contributed by atoms with van der Waals surface area (Å²) in [5.41, 5.74) is 0. The standard InChI is InChI=1S/C10H15N3O2S/c1-13-4-2-3-7(13)5-11-10-12-6-8(16-10)9(14)15/h6-7H,2-5H2,1H3,(H,11,12)(H,14,15). The van der Waals surface area contributed by atoms with Crippen molar-refractivity contribution in [3.8, 4) is 0 Å². The van der Waals surface area contributed by atoms with E-state index in [1.165, 1.54) is 30.4 Å². The lowest BCUT2D eigenvalue weighted by Gasteiger charge is -2.19. The number of aromatic nitrogens is 1. The lowest BCUT2D eigenvalue weighted by Crippen LogP contribution is -2.31. The third-order valence-electron chi connectivity index (χ3n) is 2.88. The average molecular weight is 241 g/mol. The minimum atomic E-state index is -0.913. The molecule has 1 fully saturated rings. The first-order valence-corrected chi connectivity index (χ1v) is 6.11. The Balaban J connectivity index is 1.87. The summed E-state index contributed by atoms with van der Waals surface area (Å²) in [4.78, 5) is 17.3. The number of carboxylic acid groups (broad SMARTS) is 1. The number of likely N-dealkylation sites (tertiary alicyclic amines) is 1. The fraction of sp³-hybridized carbons (Fsp3) is 0.600. The van der Waals surface area contributed by atoms with E-state index in [0.717, 1.165) is 13.1 Å². The molecule has 0 bridgehead atoms. The Hall–Kier alpha value is -1.14. The Kier molecular flexibility index (Phi) is 3.40. The molecule has 88 valence electrons. The number of carboxylic acids is 1. The third-order valence-corrected chi connectivity index (χ3v) is 3.82. The molecule has 1 unspecified atom stereocenters. The fourth-order valence-corrected chi connectivity index (χ4v) is 2.56. The first kappa shape index (κ1) is 11.3. The van der Waals surface area contributed by atoms with E-state index in [0.29, 0.717) is 11.2 Å². The maximum absolute atomic E-state index is 10.7. The first-order chi connectivity index (χ1) is 7.66. The van der Waals surface area contributed by atoms with Crippen molar-refractivity contribution in [1.29, 1.82) is 0 Å². The van der Waals surface area contributed by atoms with Crippen LogP contribution < -0.4 is 5.32 Å². The summed E-state index contributed by atoms with van der Waals surface area (Å²) in [5.74, 6) is -0.913. The molecule has 1 atom stereocenters. The highest BCUT2D eigenvalue weighted by Gasteiger charge is 2.20. The van der Waals surface area contributed by atoms with E-state index in [-0.39, 0.29) is 4.88 Å². The molecule has 6 heteroatoms. The molecule has 2 heterocycles. The molecule has 5 nitrogen and oxygen atoms in total. The van der Waals surface area contributed by atoms with Crippen LogP contribution in [-0.2, 0) is 0 Å². The number of aromatic carboxylic acids is 1. The van der Waals surface area contributed by atoms with E-state index in [1.54, 1.807) is 0 Å². The second-order valence-electron chi connectivity index (χ2n) is 3.99. The molecule has 0 spiro atoms. The predicted octanol–water partition coefficient (Wildman–Crippen LogP) is 1.35. The van der Waals surface area contributed by atoms with Crippen LogP contribution in [0.25, 0.3) is 0 Å². The number of rotatable bonds is 4. The summed E-state index contributed by atoms with van der Waals surface area (Å²) < 4.78 is 0. The number of hydrogen-bond donors (Lipinski definition) is 2. The van der Waals surface area contributed by atoms with Crippen LogP contribution in [0.4, 0.5) is 5.13 Å². The van der Waals surface area contributed by atoms with E-state index in [4.69, 9.17) is 5.11 Å². The molecule has 1 saturated heterocycles. The van der Waals surface area contributed by atoms with Gasteiger partial charge in [0.2, 0.25) is 0 Å². The number of likely N-dealkylation sites (N-methyl/N-ethyl adjacent to an activating group) is 1. The minimum Gasteiger partial charge on any atom is -0.477 e. The highest BCUT2D eigenvalue weighted by atomic mass is 32.1. The summed E-state index contributed by atoms with van der Waals surface area (Å²) in [5, 5.41) is 12.6. The summed E-state index contributed by atoms with van der Waals surface area (Å²) in [7, 11) is 2.11. The number of carbonyl (C=O) groups is 1. The third kappa shape index (κ3) is 2.51. The number of anilines is 1. The Bertz CT molecular complexity index is 380. The van der Waals surface area contributed by atoms with E-state index in [2.05, 4.69) is 22.2 Å². The van der Waals surface area contributed by atoms with Gasteiger partial charge in [-0.3, -0.25) is 0 Å². The minimum absolute atomic E-state index is 0.280. The zero-order valence-electron chi connectivity index (χ0n) is 9.14. The summed E-state index contributed by atoms with van der Waals surface area (Å²) >= 11 is 1.19. The molecule has 0 aliphatic carbocycles. The van der Waals surface area contributed by atoms with Gasteiger partial charge in [0.1, 0.15) is 4.88 Å². The molecule has 1 aliphatic heterocycles. The molecule has 1 aliphatic rings. The summed E-state index contributed by atoms with van der Waals surface area (Å²) in [6.07, 6.45) is 3.83. The van der Waals surface area contributed by atoms with E-state index in [1.807, 2.05) is 0 Å². The van der Waals surface area contributed by atoms with E-state index in [9.17, 15) is 4.79 Å². The van der Waals surface area contributed by atoms with Crippen molar-refractivity contribution in [1.82, 2.24) is 9.88 Å². The largest absolute Gasteiger partial charge is 0.477 e. The van der Waals surface area contributed by atoms with Crippen molar-refractivity contribution < 1.29 is 9.90 Å². The van der Waals surface area contributed by atoms with Gasteiger partial charge in [0.25, 0.3) is 0 Å². The Morgan fingerprint density at radius 2 is 2.62 bits per heavy atom. The maximum Gasteiger partial charge on any atom is 0.347 e. The summed E-state index contributed by atoms with van der Waals surface area (Å²) in [6.45, 7) is 1.98. The molecule has 0 aromatic carbocycles. The summed E-state index contributed by atoms with van der Waals surface area (Å²) in [6, 6.07) is 0.539. The molecule has 0 amide bonds. The zero-order valence-corrected chi connectivity index (χ0v) is 9.96. The van der Waals surface area contributed by atoms with Crippen molar-refractivity contribution in [3.05, 3.63) is 11.1 Å². The average Bonchev–Trinajstić information content (AvgIpc) is 2.83. The molecule has 1 aromatic heterocycles. The molecule has 2 N–H and O–H groups in total. The van der Waals surface area contributed by atoms with Crippen LogP contribution >= 0.6 is 11.3 Å². The normalized spacial score (nSPS) is 21.2. The van der Waals surface area contributed by atoms with Crippen molar-refractivity contribution >= 4 is 22.4 Å². The molecular weight excluding hydrogens is 226 g/mol. The topological polar surface area (TPSA) is 65.5 Å². The molecule has 0 radical (unpaired) electrons. The lowest BCUT2D eigenvalue weighted by atomic mass is 10.2. The molecule has 0 saturated carbocycles.